The topological polar surface area (TPSA) is 12.0 Å². The van der Waals surface area contributed by atoms with Crippen LogP contribution in [0.2, 0.25) is 0 Å². The Morgan fingerprint density at radius 2 is 1.70 bits per heavy atom. The molecule has 6 heteroatoms. The molecule has 0 saturated heterocycles. The minimum Gasteiger partial charge on any atom is -0.380 e. The van der Waals surface area contributed by atoms with E-state index in [1.807, 2.05) is 12.1 Å². The number of rotatable bonds is 3. The number of alkyl halides is 3. The zero-order valence-electron chi connectivity index (χ0n) is 10.1. The molecule has 0 heterocycles. The van der Waals surface area contributed by atoms with Gasteiger partial charge in [0.05, 0.1) is 5.56 Å². The van der Waals surface area contributed by atoms with E-state index >= 15 is 0 Å². The van der Waals surface area contributed by atoms with Crippen LogP contribution in [0.3, 0.4) is 0 Å². The molecule has 0 fully saturated rings. The largest absolute Gasteiger partial charge is 0.416 e. The van der Waals surface area contributed by atoms with E-state index in [0.717, 1.165) is 20.7 Å². The van der Waals surface area contributed by atoms with Gasteiger partial charge < -0.3 is 5.32 Å². The molecule has 1 nitrogen and oxygen atoms in total. The minimum atomic E-state index is -4.34. The van der Waals surface area contributed by atoms with Crippen molar-refractivity contribution in [1.82, 2.24) is 0 Å². The second kappa shape index (κ2) is 6.18. The summed E-state index contributed by atoms with van der Waals surface area (Å²) >= 11 is 6.69. The van der Waals surface area contributed by atoms with E-state index in [-0.39, 0.29) is 12.1 Å². The fraction of sp³-hybridized carbons (Fsp3) is 0.143. The molecule has 2 rings (SSSR count). The third-order valence-corrected chi connectivity index (χ3v) is 3.87. The molecule has 0 amide bonds. The molecule has 0 spiro atoms. The van der Waals surface area contributed by atoms with Crippen molar-refractivity contribution < 1.29 is 13.2 Å². The van der Waals surface area contributed by atoms with Crippen molar-refractivity contribution in [3.05, 3.63) is 62.5 Å². The van der Waals surface area contributed by atoms with Gasteiger partial charge in [-0.2, -0.15) is 13.2 Å². The summed E-state index contributed by atoms with van der Waals surface area (Å²) in [4.78, 5) is 0. The number of hydrogen-bond donors (Lipinski definition) is 1. The molecule has 0 radical (unpaired) electrons. The minimum absolute atomic E-state index is 0.107. The molecule has 106 valence electrons. The summed E-state index contributed by atoms with van der Waals surface area (Å²) in [6.45, 7) is 0.107. The fourth-order valence-electron chi connectivity index (χ4n) is 1.77. The quantitative estimate of drug-likeness (QED) is 0.672. The first-order valence-electron chi connectivity index (χ1n) is 5.72. The molecule has 20 heavy (non-hydrogen) atoms. The highest BCUT2D eigenvalue weighted by Gasteiger charge is 2.32. The molecular weight excluding hydrogens is 399 g/mol. The van der Waals surface area contributed by atoms with Crippen LogP contribution in [0.1, 0.15) is 11.1 Å². The number of nitrogens with one attached hydrogen (secondary N) is 1. The highest BCUT2D eigenvalue weighted by molar-refractivity contribution is 9.11. The number of benzene rings is 2. The van der Waals surface area contributed by atoms with Crippen LogP contribution in [0.5, 0.6) is 0 Å². The Balaban J connectivity index is 2.19. The van der Waals surface area contributed by atoms with E-state index in [1.54, 1.807) is 12.1 Å². The maximum Gasteiger partial charge on any atom is 0.416 e. The highest BCUT2D eigenvalue weighted by atomic mass is 79.9. The maximum atomic E-state index is 12.9. The number of anilines is 1. The second-order valence-corrected chi connectivity index (χ2v) is 5.90. The molecule has 0 aliphatic carbocycles. The Bertz CT molecular complexity index is 612. The van der Waals surface area contributed by atoms with E-state index in [9.17, 15) is 13.2 Å². The van der Waals surface area contributed by atoms with Gasteiger partial charge in [0, 0.05) is 21.2 Å². The van der Waals surface area contributed by atoms with E-state index in [4.69, 9.17) is 0 Å². The molecule has 0 atom stereocenters. The first-order chi connectivity index (χ1) is 9.38. The van der Waals surface area contributed by atoms with Crippen LogP contribution in [0.25, 0.3) is 0 Å². The van der Waals surface area contributed by atoms with Gasteiger partial charge in [0.1, 0.15) is 0 Å². The van der Waals surface area contributed by atoms with Gasteiger partial charge in [0.25, 0.3) is 0 Å². The molecule has 2 aromatic rings. The van der Waals surface area contributed by atoms with Gasteiger partial charge in [-0.1, -0.05) is 34.1 Å². The van der Waals surface area contributed by atoms with Crippen molar-refractivity contribution in [1.29, 1.82) is 0 Å². The first kappa shape index (κ1) is 15.4. The molecule has 0 aliphatic rings. The van der Waals surface area contributed by atoms with Crippen LogP contribution in [0.15, 0.2) is 51.4 Å². The van der Waals surface area contributed by atoms with Gasteiger partial charge in [-0.3, -0.25) is 0 Å². The van der Waals surface area contributed by atoms with Gasteiger partial charge in [-0.05, 0) is 45.8 Å². The van der Waals surface area contributed by atoms with E-state index in [2.05, 4.69) is 37.2 Å². The average Bonchev–Trinajstić information content (AvgIpc) is 2.37. The zero-order chi connectivity index (χ0) is 14.8. The highest BCUT2D eigenvalue weighted by Crippen LogP contribution is 2.33. The first-order valence-corrected chi connectivity index (χ1v) is 7.30. The third-order valence-electron chi connectivity index (χ3n) is 2.72. The summed E-state index contributed by atoms with van der Waals surface area (Å²) in [6.07, 6.45) is -4.34. The second-order valence-electron chi connectivity index (χ2n) is 4.13. The predicted molar refractivity (Wildman–Crippen MR) is 80.6 cm³/mol. The molecule has 2 aromatic carbocycles. The Kier molecular flexibility index (Phi) is 4.75. The fourth-order valence-corrected chi connectivity index (χ4v) is 2.96. The van der Waals surface area contributed by atoms with Crippen LogP contribution in [0.4, 0.5) is 18.9 Å². The predicted octanol–water partition coefficient (Wildman–Crippen LogP) is 5.84. The van der Waals surface area contributed by atoms with E-state index in [0.29, 0.717) is 0 Å². The third kappa shape index (κ3) is 3.76. The number of halogens is 5. The van der Waals surface area contributed by atoms with Crippen molar-refractivity contribution in [2.45, 2.75) is 12.7 Å². The standard InChI is InChI=1S/C14H10Br2F3N/c15-10-5-6-13(12(16)7-10)20-8-9-3-1-2-4-11(9)14(17,18)19/h1-7,20H,8H2. The molecule has 0 aliphatic heterocycles. The summed E-state index contributed by atoms with van der Waals surface area (Å²) < 4.78 is 40.3. The van der Waals surface area contributed by atoms with E-state index in [1.165, 1.54) is 12.1 Å². The Labute approximate surface area is 131 Å². The Morgan fingerprint density at radius 1 is 1.00 bits per heavy atom. The van der Waals surface area contributed by atoms with Crippen LogP contribution in [-0.4, -0.2) is 0 Å². The SMILES string of the molecule is FC(F)(F)c1ccccc1CNc1ccc(Br)cc1Br. The average molecular weight is 409 g/mol. The molecule has 1 N–H and O–H groups in total. The maximum absolute atomic E-state index is 12.9. The molecule has 0 saturated carbocycles. The lowest BCUT2D eigenvalue weighted by atomic mass is 10.1. The lowest BCUT2D eigenvalue weighted by Gasteiger charge is -2.14. The molecular formula is C14H10Br2F3N. The lowest BCUT2D eigenvalue weighted by molar-refractivity contribution is -0.138. The summed E-state index contributed by atoms with van der Waals surface area (Å²) in [5.41, 5.74) is 0.348. The van der Waals surface area contributed by atoms with Crippen LogP contribution in [-0.2, 0) is 12.7 Å². The van der Waals surface area contributed by atoms with Crippen molar-refractivity contribution in [3.8, 4) is 0 Å². The van der Waals surface area contributed by atoms with Gasteiger partial charge in [-0.25, -0.2) is 0 Å². The summed E-state index contributed by atoms with van der Waals surface area (Å²) in [5.74, 6) is 0. The molecule has 0 aromatic heterocycles. The molecule has 0 unspecified atom stereocenters. The monoisotopic (exact) mass is 407 g/mol. The normalized spacial score (nSPS) is 11.4. The Hall–Kier alpha value is -1.01. The van der Waals surface area contributed by atoms with Crippen molar-refractivity contribution in [3.63, 3.8) is 0 Å². The van der Waals surface area contributed by atoms with Crippen molar-refractivity contribution in [2.75, 3.05) is 5.32 Å². The van der Waals surface area contributed by atoms with Crippen LogP contribution < -0.4 is 5.32 Å². The van der Waals surface area contributed by atoms with Crippen LogP contribution >= 0.6 is 31.9 Å². The van der Waals surface area contributed by atoms with Crippen molar-refractivity contribution in [2.24, 2.45) is 0 Å². The van der Waals surface area contributed by atoms with Gasteiger partial charge in [0.15, 0.2) is 0 Å². The van der Waals surface area contributed by atoms with E-state index < -0.39 is 11.7 Å². The smallest absolute Gasteiger partial charge is 0.380 e. The summed E-state index contributed by atoms with van der Waals surface area (Å²) in [7, 11) is 0. The van der Waals surface area contributed by atoms with Gasteiger partial charge >= 0.3 is 6.18 Å². The summed E-state index contributed by atoms with van der Waals surface area (Å²) in [5, 5.41) is 3.00. The van der Waals surface area contributed by atoms with Gasteiger partial charge in [0.2, 0.25) is 0 Å². The van der Waals surface area contributed by atoms with Crippen LogP contribution in [0, 0.1) is 0 Å². The van der Waals surface area contributed by atoms with Crippen molar-refractivity contribution >= 4 is 37.5 Å². The molecule has 0 bridgehead atoms. The summed E-state index contributed by atoms with van der Waals surface area (Å²) in [6, 6.07) is 11.0. The Morgan fingerprint density at radius 3 is 2.35 bits per heavy atom. The van der Waals surface area contributed by atoms with Gasteiger partial charge in [-0.15, -0.1) is 0 Å². The lowest BCUT2D eigenvalue weighted by Crippen LogP contribution is -2.11. The number of hydrogen-bond acceptors (Lipinski definition) is 1. The zero-order valence-corrected chi connectivity index (χ0v) is 13.3.